The van der Waals surface area contributed by atoms with Crippen LogP contribution in [0.2, 0.25) is 0 Å². The number of nitrogens with zero attached hydrogens (tertiary/aromatic N) is 4. The SMILES string of the molecule is [2H]c1c([2H])c([2H])c(-c2ccc3ccc(-c4nc([C@H]5C[C@@](C)(O)C5)n5ccnc(N)c45)cc3n2)c([2H])c1[2H]. The molecule has 0 aliphatic heterocycles. The van der Waals surface area contributed by atoms with Gasteiger partial charge in [0.1, 0.15) is 22.9 Å². The van der Waals surface area contributed by atoms with Gasteiger partial charge < -0.3 is 10.8 Å². The minimum Gasteiger partial charge on any atom is -0.390 e. The van der Waals surface area contributed by atoms with Crippen LogP contribution in [0.1, 0.15) is 38.4 Å². The summed E-state index contributed by atoms with van der Waals surface area (Å²) in [5.41, 5.74) is 8.57. The lowest BCUT2D eigenvalue weighted by molar-refractivity contribution is -0.0335. The zero-order valence-electron chi connectivity index (χ0n) is 22.3. The van der Waals surface area contributed by atoms with E-state index in [1.54, 1.807) is 12.3 Å². The van der Waals surface area contributed by atoms with Crippen molar-refractivity contribution in [3.05, 3.63) is 78.8 Å². The minimum absolute atomic E-state index is 0.0542. The molecule has 3 heterocycles. The molecule has 1 aliphatic rings. The predicted molar refractivity (Wildman–Crippen MR) is 126 cm³/mol. The summed E-state index contributed by atoms with van der Waals surface area (Å²) in [6.45, 7) is 1.82. The van der Waals surface area contributed by atoms with Crippen molar-refractivity contribution in [2.24, 2.45) is 0 Å². The molecule has 6 nitrogen and oxygen atoms in total. The Morgan fingerprint density at radius 1 is 1.09 bits per heavy atom. The normalized spacial score (nSPS) is 22.7. The number of rotatable bonds is 3. The molecule has 1 aliphatic carbocycles. The van der Waals surface area contributed by atoms with E-state index in [-0.39, 0.29) is 29.3 Å². The first-order valence-corrected chi connectivity index (χ1v) is 10.4. The van der Waals surface area contributed by atoms with Crippen LogP contribution in [0, 0.1) is 0 Å². The molecular weight excluding hydrogens is 398 g/mol. The lowest BCUT2D eigenvalue weighted by Gasteiger charge is -2.40. The van der Waals surface area contributed by atoms with Crippen molar-refractivity contribution < 1.29 is 12.0 Å². The van der Waals surface area contributed by atoms with E-state index in [4.69, 9.17) is 17.6 Å². The number of fused-ring (bicyclic) bond motifs is 2. The molecule has 158 valence electrons. The summed E-state index contributed by atoms with van der Waals surface area (Å²) in [7, 11) is 0. The maximum atomic E-state index is 10.3. The number of nitrogen functional groups attached to an aromatic ring is 1. The van der Waals surface area contributed by atoms with Crippen LogP contribution in [0.4, 0.5) is 5.82 Å². The second kappa shape index (κ2) is 6.87. The number of benzene rings is 2. The molecule has 5 aromatic rings. The standard InChI is InChI=1S/C26H23N5O/c1-26(32)14-19(15-26)25-30-22(23-24(27)28-11-12-31(23)25)18-8-7-17-9-10-20(29-21(17)13-18)16-5-3-2-4-6-16/h2-13,19,32H,14-15H2,1H3,(H2,27,28)/t19-,26+/i2D,3D,4D,5D,6D. The Morgan fingerprint density at radius 3 is 2.66 bits per heavy atom. The Morgan fingerprint density at radius 2 is 1.88 bits per heavy atom. The van der Waals surface area contributed by atoms with Gasteiger partial charge in [-0.05, 0) is 31.9 Å². The molecular formula is C26H23N5O. The van der Waals surface area contributed by atoms with Gasteiger partial charge in [0.25, 0.3) is 0 Å². The van der Waals surface area contributed by atoms with Gasteiger partial charge >= 0.3 is 0 Å². The Hall–Kier alpha value is -3.77. The number of aliphatic hydroxyl groups is 1. The van der Waals surface area contributed by atoms with E-state index >= 15 is 0 Å². The molecule has 0 saturated heterocycles. The molecule has 0 unspecified atom stereocenters. The number of imidazole rings is 1. The van der Waals surface area contributed by atoms with Gasteiger partial charge in [0.15, 0.2) is 0 Å². The lowest BCUT2D eigenvalue weighted by Crippen LogP contribution is -2.40. The molecule has 0 spiro atoms. The van der Waals surface area contributed by atoms with E-state index in [0.29, 0.717) is 35.4 Å². The molecule has 3 aromatic heterocycles. The summed E-state index contributed by atoms with van der Waals surface area (Å²) < 4.78 is 42.4. The van der Waals surface area contributed by atoms with Gasteiger partial charge in [0, 0.05) is 34.8 Å². The van der Waals surface area contributed by atoms with Gasteiger partial charge in [-0.15, -0.1) is 0 Å². The van der Waals surface area contributed by atoms with E-state index < -0.39 is 23.7 Å². The fraction of sp³-hybridized carbons (Fsp3) is 0.192. The van der Waals surface area contributed by atoms with E-state index in [2.05, 4.69) is 9.97 Å². The Balaban J connectivity index is 1.51. The Labute approximate surface area is 192 Å². The van der Waals surface area contributed by atoms with E-state index in [0.717, 1.165) is 16.8 Å². The smallest absolute Gasteiger partial charge is 0.150 e. The highest BCUT2D eigenvalue weighted by Gasteiger charge is 2.41. The Kier molecular flexibility index (Phi) is 3.07. The van der Waals surface area contributed by atoms with E-state index in [1.165, 1.54) is 0 Å². The van der Waals surface area contributed by atoms with Gasteiger partial charge in [-0.25, -0.2) is 15.0 Å². The maximum Gasteiger partial charge on any atom is 0.150 e. The average molecular weight is 427 g/mol. The molecule has 0 atom stereocenters. The highest BCUT2D eigenvalue weighted by Crippen LogP contribution is 2.45. The number of hydrogen-bond acceptors (Lipinski definition) is 5. The molecule has 32 heavy (non-hydrogen) atoms. The zero-order valence-corrected chi connectivity index (χ0v) is 17.3. The summed E-state index contributed by atoms with van der Waals surface area (Å²) in [6, 6.07) is 7.30. The summed E-state index contributed by atoms with van der Waals surface area (Å²) in [5, 5.41) is 11.1. The number of aromatic nitrogens is 4. The van der Waals surface area contributed by atoms with E-state index in [1.807, 2.05) is 41.8 Å². The molecule has 6 rings (SSSR count). The molecule has 3 N–H and O–H groups in total. The van der Waals surface area contributed by atoms with Gasteiger partial charge in [-0.1, -0.05) is 48.4 Å². The van der Waals surface area contributed by atoms with Crippen molar-refractivity contribution in [3.63, 3.8) is 0 Å². The second-order valence-electron chi connectivity index (χ2n) is 8.56. The molecule has 6 heteroatoms. The summed E-state index contributed by atoms with van der Waals surface area (Å²) in [4.78, 5) is 13.9. The fourth-order valence-electron chi connectivity index (χ4n) is 4.54. The maximum absolute atomic E-state index is 10.3. The van der Waals surface area contributed by atoms with Crippen LogP contribution in [0.5, 0.6) is 0 Å². The van der Waals surface area contributed by atoms with E-state index in [9.17, 15) is 5.11 Å². The van der Waals surface area contributed by atoms with Crippen molar-refractivity contribution in [2.45, 2.75) is 31.3 Å². The monoisotopic (exact) mass is 426 g/mol. The molecule has 0 amide bonds. The van der Waals surface area contributed by atoms with Crippen LogP contribution in [0.3, 0.4) is 0 Å². The predicted octanol–water partition coefficient (Wildman–Crippen LogP) is 4.82. The summed E-state index contributed by atoms with van der Waals surface area (Å²) in [5.74, 6) is 1.24. The quantitative estimate of drug-likeness (QED) is 0.432. The van der Waals surface area contributed by atoms with Crippen LogP contribution in [-0.4, -0.2) is 30.1 Å². The van der Waals surface area contributed by atoms with Crippen LogP contribution in [0.25, 0.3) is 38.9 Å². The number of anilines is 1. The average Bonchev–Trinajstić information content (AvgIpc) is 3.25. The first-order valence-electron chi connectivity index (χ1n) is 12.9. The Bertz CT molecular complexity index is 1710. The van der Waals surface area contributed by atoms with Gasteiger partial charge in [0.05, 0.1) is 23.7 Å². The van der Waals surface area contributed by atoms with Crippen LogP contribution in [-0.2, 0) is 0 Å². The zero-order chi connectivity index (χ0) is 26.2. The third-order valence-corrected chi connectivity index (χ3v) is 6.07. The van der Waals surface area contributed by atoms with Crippen LogP contribution >= 0.6 is 0 Å². The minimum atomic E-state index is -0.706. The highest BCUT2D eigenvalue weighted by atomic mass is 16.3. The number of nitrogens with two attached hydrogens (primary N) is 1. The number of pyridine rings is 1. The van der Waals surface area contributed by atoms with Crippen molar-refractivity contribution in [2.75, 3.05) is 5.73 Å². The topological polar surface area (TPSA) is 89.3 Å². The summed E-state index contributed by atoms with van der Waals surface area (Å²) in [6.07, 6.45) is 4.66. The molecule has 1 fully saturated rings. The number of hydrogen-bond donors (Lipinski definition) is 2. The van der Waals surface area contributed by atoms with Crippen molar-refractivity contribution in [3.8, 4) is 22.5 Å². The van der Waals surface area contributed by atoms with Gasteiger partial charge in [-0.3, -0.25) is 4.40 Å². The third-order valence-electron chi connectivity index (χ3n) is 6.07. The molecule has 0 radical (unpaired) electrons. The molecule has 2 aromatic carbocycles. The molecule has 0 bridgehead atoms. The fourth-order valence-corrected chi connectivity index (χ4v) is 4.54. The second-order valence-corrected chi connectivity index (χ2v) is 8.56. The van der Waals surface area contributed by atoms with Crippen molar-refractivity contribution in [1.29, 1.82) is 0 Å². The first kappa shape index (κ1) is 14.3. The molecule has 1 saturated carbocycles. The van der Waals surface area contributed by atoms with Crippen molar-refractivity contribution in [1.82, 2.24) is 19.4 Å². The van der Waals surface area contributed by atoms with Crippen molar-refractivity contribution >= 4 is 22.2 Å². The largest absolute Gasteiger partial charge is 0.390 e. The highest BCUT2D eigenvalue weighted by molar-refractivity contribution is 5.91. The lowest BCUT2D eigenvalue weighted by atomic mass is 9.72. The van der Waals surface area contributed by atoms with Gasteiger partial charge in [0.2, 0.25) is 0 Å². The summed E-state index contributed by atoms with van der Waals surface area (Å²) >= 11 is 0. The first-order chi connectivity index (χ1) is 17.6. The van der Waals surface area contributed by atoms with Gasteiger partial charge in [-0.2, -0.15) is 0 Å². The van der Waals surface area contributed by atoms with Crippen LogP contribution in [0.15, 0.2) is 72.9 Å². The van der Waals surface area contributed by atoms with Crippen LogP contribution < -0.4 is 5.73 Å². The third kappa shape index (κ3) is 3.03.